The van der Waals surface area contributed by atoms with Crippen LogP contribution in [0, 0.1) is 35.5 Å². The molecule has 712 valence electrons. The van der Waals surface area contributed by atoms with E-state index in [2.05, 4.69) is 58.4 Å². The number of fused-ring (bicyclic) bond motifs is 6. The van der Waals surface area contributed by atoms with Gasteiger partial charge in [-0.3, -0.25) is 28.8 Å². The molecule has 6 aliphatic rings. The average Bonchev–Trinajstić information content (AvgIpc) is 1.69. The number of hydrogen-bond acceptors (Lipinski definition) is 30. The van der Waals surface area contributed by atoms with Crippen LogP contribution in [0.25, 0.3) is 33.5 Å². The first-order chi connectivity index (χ1) is 63.2. The Morgan fingerprint density at radius 1 is 0.725 bits per heavy atom. The maximum Gasteiger partial charge on any atom is 0.410 e. The number of carbonyl (C=O) groups excluding carboxylic acids is 8. The number of pyridine rings is 1. The lowest BCUT2D eigenvalue weighted by molar-refractivity contribution is -0.265. The molecule has 4 amide bonds. The molecule has 0 unspecified atom stereocenters. The number of cyclic esters (lactones) is 1. The van der Waals surface area contributed by atoms with Gasteiger partial charge < -0.3 is 98.0 Å². The summed E-state index contributed by atoms with van der Waals surface area (Å²) in [5, 5.41) is 32.3. The Morgan fingerprint density at radius 2 is 1.45 bits per heavy atom. The standard InChI is InChI=1S/C95H131N15O21/c1-59-16-12-11-13-17-60(2)77(121-8)50-72-23-19-65(7)95(120,131-72)86(115)91(117)109-28-15-14-18-74(109)92(118)129-78(51-75(111)61(3)45-64(6)84(114)85(123-10)83(113)63(5)44-59)62(4)46-66-21-24-76(79(48-66)122-9)130-94(119)107-32-30-106(31-33-107)93-99-53-71(54-100-93)90(116)97-27-35-125-37-39-127-41-43-128-42-40-126-38-36-124-34-26-80(112)108-29-25-68-47-67(20-22-69(68)56-108)55-110-89-81(87(96)102-58-104-89)82(105-110)70-49-73-88(98-52-70)103-57-101-73/h11-13,16-17,20,22,45,47,49,52-54,57-59,61-63,65-66,72,74,76-79,84-85,114,120H,14-15,18-19,21,23-44,46,48,50-51,55-56H2,1-10H3,(H,97,116)(H2,96,102,104)(H,98,101,103)/b13-11?,16-12+,60-17?,64-45+/t59-,61-,62-,63-,65-,66+,72+,74+,76-,77+,78+,79-,84-,85+,95-/m1/s1. The van der Waals surface area contributed by atoms with Crippen molar-refractivity contribution < 1.29 is 101 Å². The van der Waals surface area contributed by atoms with Gasteiger partial charge in [-0.15, -0.1) is 0 Å². The number of piperazine rings is 1. The molecule has 36 nitrogen and oxygen atoms in total. The van der Waals surface area contributed by atoms with Crippen LogP contribution in [-0.4, -0.2) is 304 Å². The number of aliphatic hydroxyl groups is 2. The molecule has 15 atom stereocenters. The smallest absolute Gasteiger partial charge is 0.410 e. The average molecular weight is 1820 g/mol. The number of nitrogen functional groups attached to an aromatic ring is 1. The van der Waals surface area contributed by atoms with Crippen molar-refractivity contribution in [2.45, 2.75) is 206 Å². The summed E-state index contributed by atoms with van der Waals surface area (Å²) < 4.78 is 66.5. The third kappa shape index (κ3) is 26.6. The van der Waals surface area contributed by atoms with E-state index in [9.17, 15) is 48.6 Å². The van der Waals surface area contributed by atoms with E-state index >= 15 is 0 Å². The Hall–Kier alpha value is -10.3. The monoisotopic (exact) mass is 1820 g/mol. The highest BCUT2D eigenvalue weighted by molar-refractivity contribution is 6.39. The van der Waals surface area contributed by atoms with Crippen molar-refractivity contribution in [1.29, 1.82) is 0 Å². The maximum absolute atomic E-state index is 14.8. The van der Waals surface area contributed by atoms with E-state index in [0.29, 0.717) is 196 Å². The number of imidazole rings is 1. The predicted octanol–water partition coefficient (Wildman–Crippen LogP) is 8.43. The number of nitrogens with two attached hydrogens (primary N) is 1. The number of nitrogens with zero attached hydrogens (tertiary/aromatic N) is 12. The molecule has 5 aliphatic heterocycles. The topological polar surface area (TPSA) is 441 Å². The van der Waals surface area contributed by atoms with Gasteiger partial charge in [-0.1, -0.05) is 89.3 Å². The van der Waals surface area contributed by atoms with Crippen LogP contribution in [0.4, 0.5) is 16.6 Å². The molecule has 10 heterocycles. The molecular formula is C95H131N15O21. The van der Waals surface area contributed by atoms with Gasteiger partial charge in [-0.05, 0) is 136 Å². The van der Waals surface area contributed by atoms with E-state index in [0.717, 1.165) is 34.2 Å². The molecule has 0 radical (unpaired) electrons. The molecule has 4 fully saturated rings. The third-order valence-corrected chi connectivity index (χ3v) is 26.0. The number of aromatic nitrogens is 9. The maximum atomic E-state index is 14.8. The zero-order valence-electron chi connectivity index (χ0n) is 77.2. The second kappa shape index (κ2) is 48.4. The van der Waals surface area contributed by atoms with Crippen molar-refractivity contribution in [3.05, 3.63) is 125 Å². The number of aromatic amines is 1. The van der Waals surface area contributed by atoms with E-state index in [1.165, 1.54) is 36.3 Å². The number of carbonyl (C=O) groups is 8. The molecule has 131 heavy (non-hydrogen) atoms. The highest BCUT2D eigenvalue weighted by Crippen LogP contribution is 2.40. The summed E-state index contributed by atoms with van der Waals surface area (Å²) >= 11 is 0. The van der Waals surface area contributed by atoms with Gasteiger partial charge in [0, 0.05) is 128 Å². The van der Waals surface area contributed by atoms with Gasteiger partial charge in [0.2, 0.25) is 17.6 Å². The van der Waals surface area contributed by atoms with E-state index in [4.69, 9.17) is 62.9 Å². The molecule has 1 aliphatic carbocycles. The number of rotatable bonds is 30. The minimum Gasteiger partial charge on any atom is -0.460 e. The second-order valence-electron chi connectivity index (χ2n) is 35.4. The van der Waals surface area contributed by atoms with Crippen LogP contribution >= 0.6 is 0 Å². The Kier molecular flexibility index (Phi) is 36.9. The van der Waals surface area contributed by atoms with Crippen molar-refractivity contribution in [2.24, 2.45) is 35.5 Å². The van der Waals surface area contributed by atoms with Crippen LogP contribution < -0.4 is 16.0 Å². The van der Waals surface area contributed by atoms with E-state index < -0.39 is 102 Å². The van der Waals surface area contributed by atoms with Gasteiger partial charge in [-0.25, -0.2) is 44.2 Å². The number of Topliss-reactive ketones (excluding diaryl/α,β-unsaturated/α-hetero) is 3. The number of esters is 1. The Balaban J connectivity index is 0.521. The van der Waals surface area contributed by atoms with E-state index in [-0.39, 0.29) is 92.8 Å². The first-order valence-corrected chi connectivity index (χ1v) is 46.1. The minimum atomic E-state index is -2.49. The molecule has 3 saturated heterocycles. The summed E-state index contributed by atoms with van der Waals surface area (Å²) in [6, 6.07) is 7.02. The summed E-state index contributed by atoms with van der Waals surface area (Å²) in [4.78, 5) is 149. The summed E-state index contributed by atoms with van der Waals surface area (Å²) in [5.74, 6) is -8.35. The Morgan fingerprint density at radius 3 is 2.17 bits per heavy atom. The van der Waals surface area contributed by atoms with Crippen LogP contribution in [0.5, 0.6) is 0 Å². The molecule has 6 N–H and O–H groups in total. The first-order valence-electron chi connectivity index (χ1n) is 46.1. The largest absolute Gasteiger partial charge is 0.460 e. The summed E-state index contributed by atoms with van der Waals surface area (Å²) in [7, 11) is 4.50. The Bertz CT molecular complexity index is 4980. The highest BCUT2D eigenvalue weighted by atomic mass is 16.6. The molecule has 36 heteroatoms. The SMILES string of the molecule is CO[C@H]1C[C@@H]2CC[C@@H](C)[C@@](O)(O2)C(=O)C(=O)N2CCCC[C@H]2C(=O)O[C@H]([C@H](C)C[C@@H]2CC[C@@H](OC(=O)N3CCN(c4ncc(C(=O)NCCOCCOCCOCCOCCOCCC(=O)N5CCc6cc(Cn7nc(-c8cnc9nc[nH]c9c8)c8c(N)ncnc87)ccc6C5)cn4)CC3)[C@H](OC)C2)CC(=O)[C@H](C)/C=C(\C)[C@@H](O)[C@@H](OC)C(=O)[C@H](C)C[C@H](C)/C=C/C=CC=C1C. The number of allylic oxidation sites excluding steroid dienone is 6. The van der Waals surface area contributed by atoms with Crippen molar-refractivity contribution in [1.82, 2.24) is 64.7 Å². The van der Waals surface area contributed by atoms with E-state index in [1.807, 2.05) is 71.7 Å². The number of piperidine rings is 1. The van der Waals surface area contributed by atoms with Crippen molar-refractivity contribution in [3.63, 3.8) is 0 Å². The summed E-state index contributed by atoms with van der Waals surface area (Å²) in [5.41, 5.74) is 14.6. The van der Waals surface area contributed by atoms with Gasteiger partial charge in [0.25, 0.3) is 17.6 Å². The zero-order valence-corrected chi connectivity index (χ0v) is 77.2. The first kappa shape index (κ1) is 99.8. The van der Waals surface area contributed by atoms with Crippen molar-refractivity contribution in [3.8, 4) is 11.3 Å². The fourth-order valence-corrected chi connectivity index (χ4v) is 18.2. The molecular weight excluding hydrogens is 1690 g/mol. The molecule has 1 aromatic carbocycles. The van der Waals surface area contributed by atoms with Gasteiger partial charge in [0.05, 0.1) is 120 Å². The normalized spacial score (nSPS) is 26.6. The van der Waals surface area contributed by atoms with Crippen LogP contribution in [0.15, 0.2) is 103 Å². The summed E-state index contributed by atoms with van der Waals surface area (Å²) in [6.07, 6.45) is 18.0. The number of benzene rings is 1. The number of anilines is 2. The lowest BCUT2D eigenvalue weighted by Gasteiger charge is -2.42. The quantitative estimate of drug-likeness (QED) is 0.0122. The molecule has 1 saturated carbocycles. The number of amides is 4. The van der Waals surface area contributed by atoms with Crippen LogP contribution in [-0.2, 0) is 100 Å². The van der Waals surface area contributed by atoms with Crippen LogP contribution in [0.2, 0.25) is 0 Å². The van der Waals surface area contributed by atoms with Gasteiger partial charge in [0.1, 0.15) is 54.1 Å². The third-order valence-electron chi connectivity index (χ3n) is 26.0. The molecule has 5 aromatic heterocycles. The highest BCUT2D eigenvalue weighted by Gasteiger charge is 2.53. The number of aliphatic hydroxyl groups excluding tert-OH is 1. The van der Waals surface area contributed by atoms with Gasteiger partial charge in [-0.2, -0.15) is 5.10 Å². The molecule has 2 bridgehead atoms. The van der Waals surface area contributed by atoms with Crippen molar-refractivity contribution in [2.75, 3.05) is 144 Å². The number of nitrogens with one attached hydrogen (secondary N) is 2. The number of methoxy groups -OCH3 is 3. The van der Waals surface area contributed by atoms with Crippen molar-refractivity contribution >= 4 is 81.1 Å². The number of hydrogen-bond donors (Lipinski definition) is 5. The fraction of sp³-hybridized carbons (Fsp3) is 0.611. The van der Waals surface area contributed by atoms with E-state index in [1.54, 1.807) is 65.4 Å². The minimum absolute atomic E-state index is 0.0250. The number of H-pyrrole nitrogens is 1. The molecule has 6 aromatic rings. The lowest BCUT2D eigenvalue weighted by atomic mass is 9.78. The Labute approximate surface area is 764 Å². The lowest BCUT2D eigenvalue weighted by Crippen LogP contribution is -2.61. The molecule has 0 spiro atoms. The summed E-state index contributed by atoms with van der Waals surface area (Å²) in [6.45, 7) is 19.3. The number of ketones is 3. The zero-order chi connectivity index (χ0) is 93.3. The fourth-order valence-electron chi connectivity index (χ4n) is 18.2. The predicted molar refractivity (Wildman–Crippen MR) is 484 cm³/mol. The van der Waals surface area contributed by atoms with Gasteiger partial charge in [0.15, 0.2) is 17.1 Å². The number of ether oxygens (including phenoxy) is 11. The van der Waals surface area contributed by atoms with Gasteiger partial charge >= 0.3 is 12.1 Å². The van der Waals surface area contributed by atoms with Crippen LogP contribution in [0.3, 0.4) is 0 Å². The second-order valence-corrected chi connectivity index (χ2v) is 35.4. The molecule has 12 rings (SSSR count). The van der Waals surface area contributed by atoms with Crippen LogP contribution in [0.1, 0.15) is 159 Å².